The molecule has 0 aliphatic heterocycles. The molecule has 11 heteroatoms. The van der Waals surface area contributed by atoms with Crippen molar-refractivity contribution < 1.29 is 91.4 Å². The second-order valence-electron chi connectivity index (χ2n) is 1.34. The first-order valence-corrected chi connectivity index (χ1v) is 5.20. The van der Waals surface area contributed by atoms with Crippen LogP contribution in [0.1, 0.15) is 0 Å². The molecule has 7 nitrogen and oxygen atoms in total. The van der Waals surface area contributed by atoms with Gasteiger partial charge in [0.15, 0.2) is 0 Å². The Morgan fingerprint density at radius 1 is 1.00 bits per heavy atom. The molecule has 0 aromatic rings. The molecule has 0 atom stereocenters. The first-order valence-electron chi connectivity index (χ1n) is 2.28. The van der Waals surface area contributed by atoms with Crippen LogP contribution >= 0.6 is 15.6 Å². The van der Waals surface area contributed by atoms with Crippen LogP contribution in [0.4, 0.5) is 0 Å². The second kappa shape index (κ2) is 8.42. The Balaban J connectivity index is -0.000000500. The van der Waals surface area contributed by atoms with Gasteiger partial charge in [0.1, 0.15) is 0 Å². The van der Waals surface area contributed by atoms with Gasteiger partial charge in [-0.25, -0.2) is 4.57 Å². The molecule has 13 heavy (non-hydrogen) atoms. The monoisotopic (exact) mass is 250 g/mol. The summed E-state index contributed by atoms with van der Waals surface area (Å²) in [6.07, 6.45) is 0. The van der Waals surface area contributed by atoms with Crippen LogP contribution in [-0.4, -0.2) is 14.2 Å². The predicted molar refractivity (Wildman–Crippen MR) is 30.3 cm³/mol. The summed E-state index contributed by atoms with van der Waals surface area (Å²) in [5.74, 6) is 0. The van der Waals surface area contributed by atoms with E-state index in [0.717, 1.165) is 14.2 Å². The Bertz CT molecular complexity index is 205. The van der Waals surface area contributed by atoms with Crippen LogP contribution in [-0.2, 0) is 22.5 Å². The Kier molecular flexibility index (Phi) is 13.4. The van der Waals surface area contributed by atoms with E-state index in [1.54, 1.807) is 0 Å². The van der Waals surface area contributed by atoms with E-state index in [4.69, 9.17) is 0 Å². The zero-order valence-corrected chi connectivity index (χ0v) is 13.5. The van der Waals surface area contributed by atoms with Gasteiger partial charge in [-0.1, -0.05) is 0 Å². The van der Waals surface area contributed by atoms with Gasteiger partial charge in [0.05, 0.1) is 7.82 Å². The smallest absolute Gasteiger partial charge is 0.789 e. The predicted octanol–water partition coefficient (Wildman–Crippen LogP) is -6.76. The number of phosphoric ester groups is 1. The minimum atomic E-state index is -5.33. The summed E-state index contributed by atoms with van der Waals surface area (Å²) in [6.45, 7) is 0. The van der Waals surface area contributed by atoms with Gasteiger partial charge in [-0.05, 0) is 0 Å². The van der Waals surface area contributed by atoms with Gasteiger partial charge in [0, 0.05) is 14.2 Å². The van der Waals surface area contributed by atoms with Gasteiger partial charge in [-0.3, -0.25) is 13.4 Å². The SMILES string of the molecule is COP(=O)(OC)OP(=O)([O-])[O-].[Na+].[Na+]. The normalized spacial score (nSPS) is 11.4. The molecule has 0 radical (unpaired) electrons. The molecule has 0 aromatic carbocycles. The van der Waals surface area contributed by atoms with E-state index < -0.39 is 15.6 Å². The molecular formula is C2H6Na2O7P2. The summed E-state index contributed by atoms with van der Waals surface area (Å²) in [4.78, 5) is 19.8. The van der Waals surface area contributed by atoms with Crippen LogP contribution in [0.2, 0.25) is 0 Å². The molecule has 0 aromatic heterocycles. The minimum Gasteiger partial charge on any atom is -0.789 e. The first kappa shape index (κ1) is 20.6. The van der Waals surface area contributed by atoms with Crippen LogP contribution in [0, 0.1) is 0 Å². The average Bonchev–Trinajstić information content (AvgIpc) is 1.84. The van der Waals surface area contributed by atoms with Crippen molar-refractivity contribution in [3.63, 3.8) is 0 Å². The van der Waals surface area contributed by atoms with Gasteiger partial charge in [0.25, 0.3) is 0 Å². The van der Waals surface area contributed by atoms with Gasteiger partial charge in [0.2, 0.25) is 0 Å². The molecule has 0 heterocycles. The van der Waals surface area contributed by atoms with E-state index in [9.17, 15) is 18.9 Å². The Hall–Kier alpha value is 2.26. The summed E-state index contributed by atoms with van der Waals surface area (Å²) in [5.41, 5.74) is 0. The number of hydrogen-bond acceptors (Lipinski definition) is 7. The van der Waals surface area contributed by atoms with Crippen molar-refractivity contribution in [2.24, 2.45) is 0 Å². The van der Waals surface area contributed by atoms with E-state index in [0.29, 0.717) is 0 Å². The minimum absolute atomic E-state index is 0. The fourth-order valence-corrected chi connectivity index (χ4v) is 1.93. The molecule has 0 fully saturated rings. The molecule has 0 unspecified atom stereocenters. The van der Waals surface area contributed by atoms with E-state index in [2.05, 4.69) is 13.4 Å². The third-order valence-electron chi connectivity index (χ3n) is 0.647. The molecular weight excluding hydrogens is 244 g/mol. The number of phosphoric acid groups is 2. The Morgan fingerprint density at radius 3 is 1.38 bits per heavy atom. The van der Waals surface area contributed by atoms with Crippen molar-refractivity contribution in [3.05, 3.63) is 0 Å². The maximum atomic E-state index is 10.7. The first-order chi connectivity index (χ1) is 4.83. The fourth-order valence-electron chi connectivity index (χ4n) is 0.264. The molecule has 0 saturated carbocycles. The van der Waals surface area contributed by atoms with Crippen LogP contribution in [0.3, 0.4) is 0 Å². The Morgan fingerprint density at radius 2 is 1.31 bits per heavy atom. The molecule has 0 N–H and O–H groups in total. The van der Waals surface area contributed by atoms with Crippen LogP contribution in [0.15, 0.2) is 0 Å². The molecule has 0 amide bonds. The molecule has 68 valence electrons. The molecule has 0 spiro atoms. The van der Waals surface area contributed by atoms with Gasteiger partial charge < -0.3 is 14.4 Å². The second-order valence-corrected chi connectivity index (χ2v) is 4.51. The van der Waals surface area contributed by atoms with E-state index in [-0.39, 0.29) is 59.1 Å². The molecule has 0 rings (SSSR count). The number of hydrogen-bond donors (Lipinski definition) is 0. The van der Waals surface area contributed by atoms with Crippen molar-refractivity contribution in [2.45, 2.75) is 0 Å². The van der Waals surface area contributed by atoms with Crippen molar-refractivity contribution in [2.75, 3.05) is 14.2 Å². The van der Waals surface area contributed by atoms with Crippen LogP contribution in [0.25, 0.3) is 0 Å². The van der Waals surface area contributed by atoms with E-state index in [1.165, 1.54) is 0 Å². The maximum absolute atomic E-state index is 10.7. The third-order valence-corrected chi connectivity index (χ3v) is 3.14. The van der Waals surface area contributed by atoms with Gasteiger partial charge in [-0.2, -0.15) is 0 Å². The molecule has 0 aliphatic carbocycles. The van der Waals surface area contributed by atoms with Gasteiger partial charge in [-0.15, -0.1) is 0 Å². The standard InChI is InChI=1S/C2H8O7P2.2Na/c1-7-11(6,8-2)9-10(3,4)5;;/h1-2H3,(H2,3,4,5);;/q;2*+1/p-2. The fraction of sp³-hybridized carbons (Fsp3) is 1.00. The summed E-state index contributed by atoms with van der Waals surface area (Å²) >= 11 is 0. The van der Waals surface area contributed by atoms with Gasteiger partial charge >= 0.3 is 66.9 Å². The summed E-state index contributed by atoms with van der Waals surface area (Å²) < 4.78 is 32.1. The van der Waals surface area contributed by atoms with Crippen LogP contribution < -0.4 is 68.9 Å². The van der Waals surface area contributed by atoms with Crippen molar-refractivity contribution in [1.29, 1.82) is 0 Å². The maximum Gasteiger partial charge on any atom is 1.00 e. The van der Waals surface area contributed by atoms with Crippen molar-refractivity contribution >= 4 is 15.6 Å². The van der Waals surface area contributed by atoms with Crippen molar-refractivity contribution in [3.8, 4) is 0 Å². The summed E-state index contributed by atoms with van der Waals surface area (Å²) in [6, 6.07) is 0. The largest absolute Gasteiger partial charge is 1.00 e. The Labute approximate surface area is 120 Å². The molecule has 0 bridgehead atoms. The zero-order valence-electron chi connectivity index (χ0n) is 7.75. The van der Waals surface area contributed by atoms with Crippen LogP contribution in [0.5, 0.6) is 0 Å². The number of rotatable bonds is 4. The summed E-state index contributed by atoms with van der Waals surface area (Å²) in [7, 11) is -7.75. The molecule has 0 aliphatic rings. The quantitative estimate of drug-likeness (QED) is 0.360. The topological polar surface area (TPSA) is 108 Å². The summed E-state index contributed by atoms with van der Waals surface area (Å²) in [5, 5.41) is 0. The third kappa shape index (κ3) is 10.5. The van der Waals surface area contributed by atoms with Crippen molar-refractivity contribution in [1.82, 2.24) is 0 Å². The van der Waals surface area contributed by atoms with E-state index in [1.807, 2.05) is 0 Å². The average molecular weight is 250 g/mol. The van der Waals surface area contributed by atoms with E-state index >= 15 is 0 Å². The zero-order chi connectivity index (χ0) is 9.12. The molecule has 0 saturated heterocycles.